The highest BCUT2D eigenvalue weighted by molar-refractivity contribution is 14.0. The molecule has 0 aliphatic carbocycles. The largest absolute Gasteiger partial charge is 0.202 e. The first-order valence-electron chi connectivity index (χ1n) is 6.32. The van der Waals surface area contributed by atoms with E-state index in [4.69, 9.17) is 0 Å². The lowest BCUT2D eigenvalue weighted by Gasteiger charge is -2.03. The minimum absolute atomic E-state index is 0. The van der Waals surface area contributed by atoms with Crippen LogP contribution in [0, 0.1) is 6.92 Å². The summed E-state index contributed by atoms with van der Waals surface area (Å²) in [5.74, 6) is 0. The van der Waals surface area contributed by atoms with Crippen LogP contribution >= 0.6 is 24.0 Å². The Kier molecular flexibility index (Phi) is 6.33. The lowest BCUT2D eigenvalue weighted by atomic mass is 10.1. The molecule has 0 saturated heterocycles. The second-order valence-corrected chi connectivity index (χ2v) is 4.46. The highest BCUT2D eigenvalue weighted by Crippen LogP contribution is 2.02. The quantitative estimate of drug-likeness (QED) is 0.582. The van der Waals surface area contributed by atoms with Crippen LogP contribution in [0.3, 0.4) is 0 Å². The van der Waals surface area contributed by atoms with Crippen molar-refractivity contribution in [3.63, 3.8) is 0 Å². The van der Waals surface area contributed by atoms with E-state index in [1.54, 1.807) is 0 Å². The van der Waals surface area contributed by atoms with Crippen molar-refractivity contribution in [2.24, 2.45) is 0 Å². The van der Waals surface area contributed by atoms with Crippen LogP contribution in [0.25, 0.3) is 0 Å². The maximum absolute atomic E-state index is 2.35. The van der Waals surface area contributed by atoms with Gasteiger partial charge in [0.2, 0.25) is 0 Å². The first-order chi connectivity index (χ1) is 8.29. The van der Waals surface area contributed by atoms with Crippen molar-refractivity contribution in [3.05, 3.63) is 65.5 Å². The van der Waals surface area contributed by atoms with Gasteiger partial charge in [-0.05, 0) is 18.1 Å². The molecule has 96 valence electrons. The number of rotatable bonds is 4. The molecule has 1 aromatic heterocycles. The lowest BCUT2D eigenvalue weighted by molar-refractivity contribution is -0.702. The van der Waals surface area contributed by atoms with Gasteiger partial charge in [0.05, 0.1) is 0 Å². The molecule has 2 rings (SSSR count). The molecule has 0 spiro atoms. The SMILES string of the molecule is CCc1ccc(C)[n+](CCc2ccccc2)c1.I. The number of pyridine rings is 1. The summed E-state index contributed by atoms with van der Waals surface area (Å²) in [5, 5.41) is 0. The van der Waals surface area contributed by atoms with E-state index in [2.05, 4.69) is 67.1 Å². The van der Waals surface area contributed by atoms with Crippen LogP contribution < -0.4 is 4.57 Å². The average molecular weight is 354 g/mol. The molecule has 2 heteroatoms. The summed E-state index contributed by atoms with van der Waals surface area (Å²) in [6, 6.07) is 15.1. The van der Waals surface area contributed by atoms with Gasteiger partial charge in [-0.2, -0.15) is 0 Å². The van der Waals surface area contributed by atoms with Crippen molar-refractivity contribution in [1.82, 2.24) is 0 Å². The Labute approximate surface area is 127 Å². The molecule has 0 fully saturated rings. The summed E-state index contributed by atoms with van der Waals surface area (Å²) in [5.41, 5.74) is 4.14. The van der Waals surface area contributed by atoms with Crippen LogP contribution in [0.2, 0.25) is 0 Å². The number of aryl methyl sites for hydroxylation is 4. The van der Waals surface area contributed by atoms with E-state index < -0.39 is 0 Å². The van der Waals surface area contributed by atoms with Gasteiger partial charge in [-0.3, -0.25) is 0 Å². The summed E-state index contributed by atoms with van der Waals surface area (Å²) in [6.07, 6.45) is 4.48. The molecule has 1 aromatic carbocycles. The monoisotopic (exact) mass is 354 g/mol. The molecule has 2 aromatic rings. The molecule has 0 atom stereocenters. The smallest absolute Gasteiger partial charge is 0.178 e. The maximum Gasteiger partial charge on any atom is 0.178 e. The molecular weight excluding hydrogens is 333 g/mol. The van der Waals surface area contributed by atoms with Gasteiger partial charge in [-0.1, -0.05) is 37.3 Å². The Hall–Kier alpha value is -0.900. The first-order valence-corrected chi connectivity index (χ1v) is 6.32. The summed E-state index contributed by atoms with van der Waals surface area (Å²) < 4.78 is 2.35. The Morgan fingerprint density at radius 2 is 1.67 bits per heavy atom. The van der Waals surface area contributed by atoms with E-state index in [-0.39, 0.29) is 24.0 Å². The third-order valence-corrected chi connectivity index (χ3v) is 3.21. The Morgan fingerprint density at radius 1 is 0.944 bits per heavy atom. The predicted molar refractivity (Wildman–Crippen MR) is 86.3 cm³/mol. The summed E-state index contributed by atoms with van der Waals surface area (Å²) in [4.78, 5) is 0. The van der Waals surface area contributed by atoms with Gasteiger partial charge >= 0.3 is 0 Å². The summed E-state index contributed by atoms with van der Waals surface area (Å²) in [6.45, 7) is 5.43. The zero-order valence-electron chi connectivity index (χ0n) is 11.1. The normalized spacial score (nSPS) is 9.89. The molecule has 0 aliphatic rings. The van der Waals surface area contributed by atoms with Crippen molar-refractivity contribution in [2.75, 3.05) is 0 Å². The number of nitrogens with zero attached hydrogens (tertiary/aromatic N) is 1. The number of hydrogen-bond donors (Lipinski definition) is 0. The van der Waals surface area contributed by atoms with Crippen molar-refractivity contribution in [2.45, 2.75) is 33.2 Å². The van der Waals surface area contributed by atoms with E-state index in [0.29, 0.717) is 0 Å². The molecule has 1 heterocycles. The second-order valence-electron chi connectivity index (χ2n) is 4.46. The summed E-state index contributed by atoms with van der Waals surface area (Å²) in [7, 11) is 0. The predicted octanol–water partition coefficient (Wildman–Crippen LogP) is 3.71. The van der Waals surface area contributed by atoms with Crippen LogP contribution in [0.5, 0.6) is 0 Å². The molecule has 0 amide bonds. The Balaban J connectivity index is 0.00000162. The van der Waals surface area contributed by atoms with Gasteiger partial charge in [0.25, 0.3) is 0 Å². The number of hydrogen-bond acceptors (Lipinski definition) is 0. The van der Waals surface area contributed by atoms with Gasteiger partial charge in [0, 0.05) is 25.0 Å². The highest BCUT2D eigenvalue weighted by Gasteiger charge is 2.07. The lowest BCUT2D eigenvalue weighted by Crippen LogP contribution is -2.38. The van der Waals surface area contributed by atoms with E-state index >= 15 is 0 Å². The Morgan fingerprint density at radius 3 is 2.33 bits per heavy atom. The fraction of sp³-hybridized carbons (Fsp3) is 0.312. The number of aromatic nitrogens is 1. The highest BCUT2D eigenvalue weighted by atomic mass is 127. The van der Waals surface area contributed by atoms with Crippen LogP contribution in [0.15, 0.2) is 48.7 Å². The summed E-state index contributed by atoms with van der Waals surface area (Å²) >= 11 is 0. The fourth-order valence-electron chi connectivity index (χ4n) is 2.01. The first kappa shape index (κ1) is 15.2. The zero-order chi connectivity index (χ0) is 12.1. The van der Waals surface area contributed by atoms with Gasteiger partial charge in [-0.15, -0.1) is 24.0 Å². The molecule has 18 heavy (non-hydrogen) atoms. The second kappa shape index (κ2) is 7.52. The van der Waals surface area contributed by atoms with Gasteiger partial charge < -0.3 is 0 Å². The Bertz CT molecular complexity index is 480. The van der Waals surface area contributed by atoms with E-state index in [1.165, 1.54) is 16.8 Å². The van der Waals surface area contributed by atoms with Gasteiger partial charge in [-0.25, -0.2) is 4.57 Å². The molecule has 1 nitrogen and oxygen atoms in total. The van der Waals surface area contributed by atoms with Crippen LogP contribution in [-0.2, 0) is 19.4 Å². The number of halogens is 1. The molecule has 0 saturated carbocycles. The topological polar surface area (TPSA) is 3.88 Å². The fourth-order valence-corrected chi connectivity index (χ4v) is 2.01. The minimum atomic E-state index is 0. The van der Waals surface area contributed by atoms with Gasteiger partial charge in [0.1, 0.15) is 0 Å². The third-order valence-electron chi connectivity index (χ3n) is 3.21. The molecular formula is C16H21IN+. The molecule has 0 bridgehead atoms. The standard InChI is InChI=1S/C16H20N.HI/c1-3-15-10-9-14(2)17(13-15)12-11-16-7-5-4-6-8-16;/h4-10,13H,3,11-12H2,1-2H3;1H/q+1;. The average Bonchev–Trinajstić information content (AvgIpc) is 2.39. The number of benzene rings is 1. The van der Waals surface area contributed by atoms with E-state index in [0.717, 1.165) is 19.4 Å². The van der Waals surface area contributed by atoms with Crippen molar-refractivity contribution < 1.29 is 4.57 Å². The molecule has 0 N–H and O–H groups in total. The zero-order valence-corrected chi connectivity index (χ0v) is 13.4. The van der Waals surface area contributed by atoms with Crippen LogP contribution in [0.1, 0.15) is 23.7 Å². The van der Waals surface area contributed by atoms with E-state index in [1.807, 2.05) is 0 Å². The van der Waals surface area contributed by atoms with Crippen LogP contribution in [-0.4, -0.2) is 0 Å². The third kappa shape index (κ3) is 4.09. The molecule has 0 unspecified atom stereocenters. The van der Waals surface area contributed by atoms with Crippen molar-refractivity contribution >= 4 is 24.0 Å². The van der Waals surface area contributed by atoms with Crippen molar-refractivity contribution in [1.29, 1.82) is 0 Å². The minimum Gasteiger partial charge on any atom is -0.202 e. The van der Waals surface area contributed by atoms with Gasteiger partial charge in [0.15, 0.2) is 18.4 Å². The molecule has 0 radical (unpaired) electrons. The van der Waals surface area contributed by atoms with E-state index in [9.17, 15) is 0 Å². The molecule has 0 aliphatic heterocycles. The maximum atomic E-state index is 2.35. The van der Waals surface area contributed by atoms with Crippen molar-refractivity contribution in [3.8, 4) is 0 Å². The van der Waals surface area contributed by atoms with Crippen LogP contribution in [0.4, 0.5) is 0 Å².